The van der Waals surface area contributed by atoms with E-state index < -0.39 is 6.04 Å². The summed E-state index contributed by atoms with van der Waals surface area (Å²) in [5, 5.41) is 5.40. The van der Waals surface area contributed by atoms with E-state index in [1.54, 1.807) is 43.5 Å². The lowest BCUT2D eigenvalue weighted by molar-refractivity contribution is -0.117. The second-order valence-electron chi connectivity index (χ2n) is 6.05. The van der Waals surface area contributed by atoms with Crippen molar-refractivity contribution in [2.24, 2.45) is 0 Å². The first-order chi connectivity index (χ1) is 12.6. The molecule has 136 valence electrons. The number of rotatable bonds is 5. The van der Waals surface area contributed by atoms with Gasteiger partial charge in [0.05, 0.1) is 25.1 Å². The lowest BCUT2D eigenvalue weighted by Crippen LogP contribution is -2.41. The highest BCUT2D eigenvalue weighted by Gasteiger charge is 2.17. The van der Waals surface area contributed by atoms with Gasteiger partial charge in [0.25, 0.3) is 5.91 Å². The molecule has 1 aliphatic rings. The van der Waals surface area contributed by atoms with E-state index in [1.807, 2.05) is 12.1 Å². The Morgan fingerprint density at radius 1 is 1.12 bits per heavy atom. The number of morpholine rings is 1. The normalized spacial score (nSPS) is 15.2. The molecule has 2 amide bonds. The number of carbonyl (C=O) groups excluding carboxylic acids is 2. The number of amides is 2. The molecule has 1 saturated heterocycles. The predicted molar refractivity (Wildman–Crippen MR) is 99.3 cm³/mol. The lowest BCUT2D eigenvalue weighted by Gasteiger charge is -2.28. The average Bonchev–Trinajstić information content (AvgIpc) is 2.70. The highest BCUT2D eigenvalue weighted by atomic mass is 16.5. The third kappa shape index (κ3) is 4.58. The van der Waals surface area contributed by atoms with Crippen LogP contribution in [0.1, 0.15) is 17.3 Å². The van der Waals surface area contributed by atoms with Crippen molar-refractivity contribution in [1.82, 2.24) is 10.3 Å². The molecule has 1 unspecified atom stereocenters. The Bertz CT molecular complexity index is 743. The number of nitrogens with zero attached hydrogens (tertiary/aromatic N) is 2. The van der Waals surface area contributed by atoms with E-state index in [0.717, 1.165) is 18.8 Å². The lowest BCUT2D eigenvalue weighted by atomic mass is 10.2. The number of anilines is 2. The van der Waals surface area contributed by atoms with Crippen molar-refractivity contribution in [2.75, 3.05) is 36.5 Å². The Morgan fingerprint density at radius 3 is 2.50 bits per heavy atom. The molecule has 7 heteroatoms. The first-order valence-corrected chi connectivity index (χ1v) is 8.59. The summed E-state index contributed by atoms with van der Waals surface area (Å²) in [5.74, 6) is -0.155. The highest BCUT2D eigenvalue weighted by molar-refractivity contribution is 6.00. The average molecular weight is 354 g/mol. The third-order valence-corrected chi connectivity index (χ3v) is 4.15. The summed E-state index contributed by atoms with van der Waals surface area (Å²) in [4.78, 5) is 30.9. The van der Waals surface area contributed by atoms with Crippen LogP contribution in [-0.4, -0.2) is 49.1 Å². The quantitative estimate of drug-likeness (QED) is 0.853. The van der Waals surface area contributed by atoms with Crippen LogP contribution in [0.3, 0.4) is 0 Å². The monoisotopic (exact) mass is 354 g/mol. The molecule has 1 fully saturated rings. The highest BCUT2D eigenvalue weighted by Crippen LogP contribution is 2.16. The molecule has 0 spiro atoms. The van der Waals surface area contributed by atoms with Gasteiger partial charge in [-0.3, -0.25) is 9.59 Å². The van der Waals surface area contributed by atoms with E-state index in [1.165, 1.54) is 0 Å². The van der Waals surface area contributed by atoms with Gasteiger partial charge in [-0.1, -0.05) is 18.2 Å². The van der Waals surface area contributed by atoms with Crippen molar-refractivity contribution in [3.63, 3.8) is 0 Å². The zero-order chi connectivity index (χ0) is 18.4. The Labute approximate surface area is 152 Å². The number of carbonyl (C=O) groups is 2. The summed E-state index contributed by atoms with van der Waals surface area (Å²) in [6, 6.07) is 11.8. The summed E-state index contributed by atoms with van der Waals surface area (Å²) in [6.07, 6.45) is 1.73. The van der Waals surface area contributed by atoms with Crippen LogP contribution in [0.25, 0.3) is 0 Å². The Morgan fingerprint density at radius 2 is 1.85 bits per heavy atom. The molecule has 0 saturated carbocycles. The number of aromatic nitrogens is 1. The fourth-order valence-electron chi connectivity index (χ4n) is 2.64. The zero-order valence-corrected chi connectivity index (χ0v) is 14.6. The van der Waals surface area contributed by atoms with Crippen molar-refractivity contribution < 1.29 is 14.3 Å². The van der Waals surface area contributed by atoms with E-state index in [0.29, 0.717) is 24.6 Å². The Kier molecular flexibility index (Phi) is 5.80. The molecular weight excluding hydrogens is 332 g/mol. The first kappa shape index (κ1) is 17.9. The minimum absolute atomic E-state index is 0.288. The second-order valence-corrected chi connectivity index (χ2v) is 6.05. The number of hydrogen-bond donors (Lipinski definition) is 2. The summed E-state index contributed by atoms with van der Waals surface area (Å²) in [6.45, 7) is 4.71. The third-order valence-electron chi connectivity index (χ3n) is 4.15. The number of pyridine rings is 1. The van der Waals surface area contributed by atoms with Crippen LogP contribution in [0.5, 0.6) is 0 Å². The van der Waals surface area contributed by atoms with E-state index in [9.17, 15) is 9.59 Å². The smallest absolute Gasteiger partial charge is 0.251 e. The minimum atomic E-state index is -0.677. The molecule has 3 rings (SSSR count). The SMILES string of the molecule is CC(NC(=O)c1ccccc1)C(=O)Nc1ccc(N2CCOCC2)cn1. The van der Waals surface area contributed by atoms with Gasteiger partial charge in [0.1, 0.15) is 11.9 Å². The van der Waals surface area contributed by atoms with Gasteiger partial charge in [-0.15, -0.1) is 0 Å². The fraction of sp³-hybridized carbons (Fsp3) is 0.316. The van der Waals surface area contributed by atoms with E-state index >= 15 is 0 Å². The molecule has 1 aromatic heterocycles. The van der Waals surface area contributed by atoms with Gasteiger partial charge < -0.3 is 20.3 Å². The van der Waals surface area contributed by atoms with Crippen LogP contribution in [-0.2, 0) is 9.53 Å². The van der Waals surface area contributed by atoms with Crippen molar-refractivity contribution in [1.29, 1.82) is 0 Å². The second kappa shape index (κ2) is 8.44. The van der Waals surface area contributed by atoms with Gasteiger partial charge in [-0.05, 0) is 31.2 Å². The minimum Gasteiger partial charge on any atom is -0.378 e. The maximum Gasteiger partial charge on any atom is 0.251 e. The van der Waals surface area contributed by atoms with Crippen LogP contribution >= 0.6 is 0 Å². The van der Waals surface area contributed by atoms with Gasteiger partial charge in [-0.25, -0.2) is 4.98 Å². The largest absolute Gasteiger partial charge is 0.378 e. The fourth-order valence-corrected chi connectivity index (χ4v) is 2.64. The van der Waals surface area contributed by atoms with Crippen LogP contribution in [0.2, 0.25) is 0 Å². The standard InChI is InChI=1S/C19H22N4O3/c1-14(21-19(25)15-5-3-2-4-6-15)18(24)22-17-8-7-16(13-20-17)23-9-11-26-12-10-23/h2-8,13-14H,9-12H2,1H3,(H,21,25)(H,20,22,24). The molecule has 2 aromatic rings. The van der Waals surface area contributed by atoms with Gasteiger partial charge in [0.15, 0.2) is 0 Å². The number of hydrogen-bond acceptors (Lipinski definition) is 5. The zero-order valence-electron chi connectivity index (χ0n) is 14.6. The maximum atomic E-state index is 12.3. The topological polar surface area (TPSA) is 83.6 Å². The van der Waals surface area contributed by atoms with Crippen LogP contribution < -0.4 is 15.5 Å². The molecule has 2 heterocycles. The summed E-state index contributed by atoms with van der Waals surface area (Å²) in [7, 11) is 0. The predicted octanol–water partition coefficient (Wildman–Crippen LogP) is 1.68. The summed E-state index contributed by atoms with van der Waals surface area (Å²) in [5.41, 5.74) is 1.51. The van der Waals surface area contributed by atoms with Crippen LogP contribution in [0.4, 0.5) is 11.5 Å². The van der Waals surface area contributed by atoms with Gasteiger partial charge >= 0.3 is 0 Å². The van der Waals surface area contributed by atoms with E-state index in [4.69, 9.17) is 4.74 Å². The molecule has 7 nitrogen and oxygen atoms in total. The maximum absolute atomic E-state index is 12.3. The van der Waals surface area contributed by atoms with Gasteiger partial charge in [-0.2, -0.15) is 0 Å². The summed E-state index contributed by atoms with van der Waals surface area (Å²) >= 11 is 0. The van der Waals surface area contributed by atoms with E-state index in [2.05, 4.69) is 20.5 Å². The van der Waals surface area contributed by atoms with Crippen LogP contribution in [0, 0.1) is 0 Å². The Hall–Kier alpha value is -2.93. The van der Waals surface area contributed by atoms with Gasteiger partial charge in [0, 0.05) is 18.7 Å². The van der Waals surface area contributed by atoms with Crippen molar-refractivity contribution >= 4 is 23.3 Å². The number of nitrogens with one attached hydrogen (secondary N) is 2. The first-order valence-electron chi connectivity index (χ1n) is 8.59. The molecule has 26 heavy (non-hydrogen) atoms. The van der Waals surface area contributed by atoms with Crippen molar-refractivity contribution in [3.05, 3.63) is 54.2 Å². The van der Waals surface area contributed by atoms with Crippen LogP contribution in [0.15, 0.2) is 48.7 Å². The molecule has 0 aliphatic carbocycles. The Balaban J connectivity index is 1.54. The number of ether oxygens (including phenoxy) is 1. The summed E-state index contributed by atoms with van der Waals surface area (Å²) < 4.78 is 5.33. The molecule has 1 aromatic carbocycles. The molecule has 1 atom stereocenters. The molecule has 0 radical (unpaired) electrons. The molecule has 1 aliphatic heterocycles. The molecular formula is C19H22N4O3. The molecule has 0 bridgehead atoms. The molecule has 2 N–H and O–H groups in total. The van der Waals surface area contributed by atoms with Crippen molar-refractivity contribution in [3.8, 4) is 0 Å². The van der Waals surface area contributed by atoms with Crippen molar-refractivity contribution in [2.45, 2.75) is 13.0 Å². The van der Waals surface area contributed by atoms with Gasteiger partial charge in [0.2, 0.25) is 5.91 Å². The number of benzene rings is 1. The van der Waals surface area contributed by atoms with E-state index in [-0.39, 0.29) is 11.8 Å².